The van der Waals surface area contributed by atoms with Gasteiger partial charge in [0.25, 0.3) is 0 Å². The predicted molar refractivity (Wildman–Crippen MR) is 160 cm³/mol. The molecule has 0 bridgehead atoms. The minimum Gasteiger partial charge on any atom is -0.453 e. The van der Waals surface area contributed by atoms with Crippen LogP contribution in [0.5, 0.6) is 11.5 Å². The first kappa shape index (κ1) is 28.3. The van der Waals surface area contributed by atoms with Crippen molar-refractivity contribution in [2.24, 2.45) is 0 Å². The molecule has 0 saturated heterocycles. The number of ether oxygens (including phenoxy) is 1. The quantitative estimate of drug-likeness (QED) is 0.121. The Labute approximate surface area is 242 Å². The Hall–Kier alpha value is -4.27. The van der Waals surface area contributed by atoms with Crippen molar-refractivity contribution in [1.29, 1.82) is 0 Å². The second-order valence-electron chi connectivity index (χ2n) is 9.82. The normalized spacial score (nSPS) is 11.1. The van der Waals surface area contributed by atoms with E-state index in [4.69, 9.17) is 4.74 Å². The van der Waals surface area contributed by atoms with Crippen molar-refractivity contribution in [1.82, 2.24) is 15.3 Å². The molecule has 208 valence electrons. The highest BCUT2D eigenvalue weighted by Gasteiger charge is 2.16. The van der Waals surface area contributed by atoms with Crippen LogP contribution in [0.1, 0.15) is 36.5 Å². The Morgan fingerprint density at radius 2 is 1.66 bits per heavy atom. The molecule has 0 saturated carbocycles. The van der Waals surface area contributed by atoms with E-state index < -0.39 is 5.82 Å². The number of aromatic nitrogens is 2. The van der Waals surface area contributed by atoms with Gasteiger partial charge in [0.05, 0.1) is 27.2 Å². The van der Waals surface area contributed by atoms with Crippen molar-refractivity contribution >= 4 is 33.1 Å². The summed E-state index contributed by atoms with van der Waals surface area (Å²) in [5, 5.41) is 3.37. The number of ketones is 2. The largest absolute Gasteiger partial charge is 0.453 e. The van der Waals surface area contributed by atoms with Gasteiger partial charge in [-0.3, -0.25) is 19.6 Å². The molecular formula is C33H30FN3O3S. The molecule has 6 nitrogen and oxygen atoms in total. The summed E-state index contributed by atoms with van der Waals surface area (Å²) in [6.07, 6.45) is 4.58. The summed E-state index contributed by atoms with van der Waals surface area (Å²) in [7, 11) is 0. The van der Waals surface area contributed by atoms with Crippen molar-refractivity contribution in [3.05, 3.63) is 108 Å². The lowest BCUT2D eigenvalue weighted by atomic mass is 10.0. The molecule has 0 atom stereocenters. The molecule has 0 fully saturated rings. The van der Waals surface area contributed by atoms with Gasteiger partial charge in [-0.05, 0) is 53.9 Å². The van der Waals surface area contributed by atoms with Crippen LogP contribution >= 0.6 is 11.3 Å². The van der Waals surface area contributed by atoms with Gasteiger partial charge in [-0.1, -0.05) is 49.4 Å². The number of nitrogens with zero attached hydrogens (tertiary/aromatic N) is 2. The lowest BCUT2D eigenvalue weighted by Crippen LogP contribution is -2.13. The first-order valence-electron chi connectivity index (χ1n) is 13.6. The van der Waals surface area contributed by atoms with Crippen LogP contribution in [0.25, 0.3) is 20.8 Å². The van der Waals surface area contributed by atoms with Crippen molar-refractivity contribution in [2.45, 2.75) is 39.2 Å². The number of hydrogen-bond acceptors (Lipinski definition) is 7. The molecule has 0 unspecified atom stereocenters. The molecule has 0 aliphatic carbocycles. The van der Waals surface area contributed by atoms with Crippen LogP contribution in [-0.2, 0) is 29.0 Å². The highest BCUT2D eigenvalue weighted by atomic mass is 32.1. The number of thiophene rings is 1. The SMILES string of the molecule is CCCNCc1ccc(-c2cc3nccc(Oc4ccc(CC(=O)CC(=O)Cc5ccccc5)cc4F)c3s2)nc1. The van der Waals surface area contributed by atoms with E-state index in [-0.39, 0.29) is 36.6 Å². The maximum atomic E-state index is 15.0. The third kappa shape index (κ3) is 7.48. The van der Waals surface area contributed by atoms with E-state index in [9.17, 15) is 9.59 Å². The Bertz CT molecular complexity index is 1650. The van der Waals surface area contributed by atoms with Crippen LogP contribution in [-0.4, -0.2) is 28.1 Å². The Morgan fingerprint density at radius 1 is 0.878 bits per heavy atom. The zero-order chi connectivity index (χ0) is 28.6. The molecule has 0 aliphatic heterocycles. The average molecular weight is 568 g/mol. The van der Waals surface area contributed by atoms with Crippen LogP contribution in [0, 0.1) is 5.82 Å². The molecule has 3 heterocycles. The van der Waals surface area contributed by atoms with Crippen LogP contribution in [0.3, 0.4) is 0 Å². The Kier molecular flexibility index (Phi) is 9.23. The van der Waals surface area contributed by atoms with E-state index in [1.54, 1.807) is 18.3 Å². The maximum absolute atomic E-state index is 15.0. The topological polar surface area (TPSA) is 81.2 Å². The van der Waals surface area contributed by atoms with Crippen LogP contribution in [0.4, 0.5) is 4.39 Å². The molecule has 0 radical (unpaired) electrons. The van der Waals surface area contributed by atoms with Crippen LogP contribution in [0.15, 0.2) is 85.2 Å². The van der Waals surface area contributed by atoms with Crippen LogP contribution in [0.2, 0.25) is 0 Å². The lowest BCUT2D eigenvalue weighted by Gasteiger charge is -2.09. The first-order valence-corrected chi connectivity index (χ1v) is 14.4. The molecule has 0 spiro atoms. The minimum atomic E-state index is -0.582. The molecule has 5 rings (SSSR count). The van der Waals surface area contributed by atoms with Crippen molar-refractivity contribution in [2.75, 3.05) is 6.54 Å². The van der Waals surface area contributed by atoms with Gasteiger partial charge < -0.3 is 10.1 Å². The second-order valence-corrected chi connectivity index (χ2v) is 10.9. The third-order valence-electron chi connectivity index (χ3n) is 6.46. The van der Waals surface area contributed by atoms with E-state index in [1.807, 2.05) is 48.7 Å². The fourth-order valence-corrected chi connectivity index (χ4v) is 5.50. The summed E-state index contributed by atoms with van der Waals surface area (Å²) < 4.78 is 21.8. The average Bonchev–Trinajstić information content (AvgIpc) is 3.41. The number of halogens is 1. The summed E-state index contributed by atoms with van der Waals surface area (Å²) in [4.78, 5) is 34.7. The zero-order valence-electron chi connectivity index (χ0n) is 22.7. The van der Waals surface area contributed by atoms with E-state index in [2.05, 4.69) is 28.3 Å². The number of benzene rings is 2. The summed E-state index contributed by atoms with van der Waals surface area (Å²) in [6.45, 7) is 3.87. The number of carbonyl (C=O) groups excluding carboxylic acids is 2. The molecule has 8 heteroatoms. The molecular weight excluding hydrogens is 537 g/mol. The van der Waals surface area contributed by atoms with E-state index in [0.717, 1.165) is 51.4 Å². The summed E-state index contributed by atoms with van der Waals surface area (Å²) in [5.74, 6) is -0.457. The summed E-state index contributed by atoms with van der Waals surface area (Å²) in [5.41, 5.74) is 4.04. The van der Waals surface area contributed by atoms with Crippen LogP contribution < -0.4 is 10.1 Å². The number of hydrogen-bond donors (Lipinski definition) is 1. The number of pyridine rings is 2. The van der Waals surface area contributed by atoms with E-state index in [0.29, 0.717) is 11.3 Å². The molecule has 0 aliphatic rings. The zero-order valence-corrected chi connectivity index (χ0v) is 23.5. The molecule has 3 aromatic heterocycles. The summed E-state index contributed by atoms with van der Waals surface area (Å²) >= 11 is 1.48. The fraction of sp³-hybridized carbons (Fsp3) is 0.212. The Morgan fingerprint density at radius 3 is 2.39 bits per heavy atom. The molecule has 41 heavy (non-hydrogen) atoms. The maximum Gasteiger partial charge on any atom is 0.166 e. The van der Waals surface area contributed by atoms with Gasteiger partial charge in [0, 0.05) is 37.8 Å². The van der Waals surface area contributed by atoms with Crippen molar-refractivity contribution < 1.29 is 18.7 Å². The van der Waals surface area contributed by atoms with Gasteiger partial charge in [-0.15, -0.1) is 11.3 Å². The van der Waals surface area contributed by atoms with Gasteiger partial charge in [-0.2, -0.15) is 0 Å². The lowest BCUT2D eigenvalue weighted by molar-refractivity contribution is -0.126. The second kappa shape index (κ2) is 13.4. The number of carbonyl (C=O) groups is 2. The molecule has 0 amide bonds. The smallest absolute Gasteiger partial charge is 0.166 e. The molecule has 5 aromatic rings. The standard InChI is InChI=1S/C33H30FN3O3S/c1-2-13-35-20-24-8-10-28(37-21-24)32-19-29-33(41-32)31(12-14-36-29)40-30-11-9-23(17-27(30)34)16-26(39)18-25(38)15-22-6-4-3-5-7-22/h3-12,14,17,19,21,35H,2,13,15-16,18,20H2,1H3. The highest BCUT2D eigenvalue weighted by molar-refractivity contribution is 7.22. The molecule has 1 N–H and O–H groups in total. The summed E-state index contributed by atoms with van der Waals surface area (Å²) in [6, 6.07) is 21.4. The van der Waals surface area contributed by atoms with E-state index >= 15 is 4.39 Å². The van der Waals surface area contributed by atoms with Gasteiger partial charge in [-0.25, -0.2) is 4.39 Å². The first-order chi connectivity index (χ1) is 20.0. The monoisotopic (exact) mass is 567 g/mol. The molecule has 2 aromatic carbocycles. The van der Waals surface area contributed by atoms with E-state index in [1.165, 1.54) is 23.5 Å². The van der Waals surface area contributed by atoms with Crippen molar-refractivity contribution in [3.63, 3.8) is 0 Å². The predicted octanol–water partition coefficient (Wildman–Crippen LogP) is 7.10. The number of fused-ring (bicyclic) bond motifs is 1. The Balaban J connectivity index is 1.24. The third-order valence-corrected chi connectivity index (χ3v) is 7.63. The number of rotatable bonds is 13. The van der Waals surface area contributed by atoms with Gasteiger partial charge in [0.1, 0.15) is 17.3 Å². The van der Waals surface area contributed by atoms with Gasteiger partial charge >= 0.3 is 0 Å². The van der Waals surface area contributed by atoms with Gasteiger partial charge in [0.15, 0.2) is 11.6 Å². The number of nitrogens with one attached hydrogen (secondary N) is 1. The van der Waals surface area contributed by atoms with Gasteiger partial charge in [0.2, 0.25) is 0 Å². The van der Waals surface area contributed by atoms with Crippen molar-refractivity contribution in [3.8, 4) is 22.1 Å². The minimum absolute atomic E-state index is 0.0219. The fourth-order valence-electron chi connectivity index (χ4n) is 4.46. The highest BCUT2D eigenvalue weighted by Crippen LogP contribution is 2.39. The number of Topliss-reactive ketones (excluding diaryl/α,β-unsaturated/α-hetero) is 2.